The van der Waals surface area contributed by atoms with E-state index in [2.05, 4.69) is 20.5 Å². The van der Waals surface area contributed by atoms with E-state index in [1.54, 1.807) is 0 Å². The Kier molecular flexibility index (Phi) is 5.14. The highest BCUT2D eigenvalue weighted by Gasteiger charge is 2.23. The average molecular weight is 417 g/mol. The molecule has 0 aliphatic heterocycles. The van der Waals surface area contributed by atoms with E-state index >= 15 is 0 Å². The number of aryl methyl sites for hydroxylation is 1. The number of rotatable bonds is 4. The standard InChI is InChI=1S/C19H18ClFN6O2/c1-26-15-10-22-19(25-23-9-11-6-7-12(21)8-14(11)20)24-16(15)27(18(29)17(26)28)13-4-2-3-5-13/h6-10,13H,2-5H2,1H3,(H,22,24,25). The van der Waals surface area contributed by atoms with E-state index in [0.29, 0.717) is 16.7 Å². The summed E-state index contributed by atoms with van der Waals surface area (Å²) < 4.78 is 15.9. The van der Waals surface area contributed by atoms with Crippen molar-refractivity contribution < 1.29 is 4.39 Å². The van der Waals surface area contributed by atoms with Crippen LogP contribution in [0, 0.1) is 5.82 Å². The Bertz CT molecular complexity index is 1230. The summed E-state index contributed by atoms with van der Waals surface area (Å²) in [6.07, 6.45) is 6.57. The lowest BCUT2D eigenvalue weighted by atomic mass is 10.2. The van der Waals surface area contributed by atoms with Gasteiger partial charge in [-0.25, -0.2) is 14.8 Å². The van der Waals surface area contributed by atoms with Gasteiger partial charge >= 0.3 is 11.1 Å². The van der Waals surface area contributed by atoms with Crippen LogP contribution in [0.2, 0.25) is 5.02 Å². The van der Waals surface area contributed by atoms with Crippen molar-refractivity contribution in [2.75, 3.05) is 5.43 Å². The number of fused-ring (bicyclic) bond motifs is 1. The molecule has 0 radical (unpaired) electrons. The molecule has 150 valence electrons. The summed E-state index contributed by atoms with van der Waals surface area (Å²) in [7, 11) is 1.52. The second kappa shape index (κ2) is 7.75. The lowest BCUT2D eigenvalue weighted by molar-refractivity contribution is 0.507. The summed E-state index contributed by atoms with van der Waals surface area (Å²) in [5, 5.41) is 4.26. The first-order valence-corrected chi connectivity index (χ1v) is 9.56. The summed E-state index contributed by atoms with van der Waals surface area (Å²) >= 11 is 5.97. The molecular weight excluding hydrogens is 399 g/mol. The van der Waals surface area contributed by atoms with Gasteiger partial charge in [0.15, 0.2) is 5.65 Å². The van der Waals surface area contributed by atoms with E-state index in [1.165, 1.54) is 46.8 Å². The Morgan fingerprint density at radius 2 is 2.03 bits per heavy atom. The molecule has 4 rings (SSSR count). The van der Waals surface area contributed by atoms with E-state index in [4.69, 9.17) is 11.6 Å². The molecule has 0 saturated heterocycles. The SMILES string of the molecule is Cn1c(=O)c(=O)n(C2CCCC2)c2nc(NN=Cc3ccc(F)cc3Cl)ncc21. The van der Waals surface area contributed by atoms with Gasteiger partial charge in [-0.05, 0) is 31.0 Å². The van der Waals surface area contributed by atoms with E-state index < -0.39 is 16.9 Å². The van der Waals surface area contributed by atoms with Gasteiger partial charge < -0.3 is 4.57 Å². The van der Waals surface area contributed by atoms with Crippen molar-refractivity contribution in [2.24, 2.45) is 12.1 Å². The van der Waals surface area contributed by atoms with Gasteiger partial charge in [0, 0.05) is 18.7 Å². The van der Waals surface area contributed by atoms with E-state index in [0.717, 1.165) is 25.7 Å². The maximum Gasteiger partial charge on any atom is 0.318 e. The third-order valence-electron chi connectivity index (χ3n) is 5.07. The van der Waals surface area contributed by atoms with Gasteiger partial charge in [0.25, 0.3) is 0 Å². The van der Waals surface area contributed by atoms with Crippen LogP contribution in [0.15, 0.2) is 39.1 Å². The minimum Gasteiger partial charge on any atom is -0.303 e. The number of nitrogens with zero attached hydrogens (tertiary/aromatic N) is 5. The number of hydrogen-bond donors (Lipinski definition) is 1. The van der Waals surface area contributed by atoms with Crippen LogP contribution in [0.4, 0.5) is 10.3 Å². The largest absolute Gasteiger partial charge is 0.318 e. The first-order chi connectivity index (χ1) is 14.0. The van der Waals surface area contributed by atoms with Crippen molar-refractivity contribution in [3.8, 4) is 0 Å². The van der Waals surface area contributed by atoms with Crippen molar-refractivity contribution in [3.05, 3.63) is 61.5 Å². The van der Waals surface area contributed by atoms with Crippen LogP contribution in [-0.4, -0.2) is 25.3 Å². The molecule has 0 unspecified atom stereocenters. The van der Waals surface area contributed by atoms with Gasteiger partial charge in [-0.2, -0.15) is 10.1 Å². The lowest BCUT2D eigenvalue weighted by Crippen LogP contribution is -2.42. The van der Waals surface area contributed by atoms with Gasteiger partial charge in [0.2, 0.25) is 5.95 Å². The van der Waals surface area contributed by atoms with Gasteiger partial charge in [0.1, 0.15) is 11.3 Å². The average Bonchev–Trinajstić information content (AvgIpc) is 3.22. The van der Waals surface area contributed by atoms with E-state index in [9.17, 15) is 14.0 Å². The zero-order valence-electron chi connectivity index (χ0n) is 15.6. The van der Waals surface area contributed by atoms with Crippen LogP contribution in [-0.2, 0) is 7.05 Å². The molecule has 0 spiro atoms. The topological polar surface area (TPSA) is 94.2 Å². The van der Waals surface area contributed by atoms with Crippen molar-refractivity contribution >= 4 is 34.9 Å². The summed E-state index contributed by atoms with van der Waals surface area (Å²) in [6, 6.07) is 3.91. The second-order valence-corrected chi connectivity index (χ2v) is 7.32. The van der Waals surface area contributed by atoms with E-state index in [1.807, 2.05) is 0 Å². The fraction of sp³-hybridized carbons (Fsp3) is 0.316. The predicted molar refractivity (Wildman–Crippen MR) is 109 cm³/mol. The zero-order chi connectivity index (χ0) is 20.5. The molecule has 1 aromatic carbocycles. The molecule has 3 aromatic rings. The third-order valence-corrected chi connectivity index (χ3v) is 5.39. The molecule has 1 aliphatic rings. The maximum atomic E-state index is 13.1. The minimum atomic E-state index is -0.599. The summed E-state index contributed by atoms with van der Waals surface area (Å²) in [4.78, 5) is 33.6. The molecule has 1 N–H and O–H groups in total. The molecule has 0 amide bonds. The number of aromatic nitrogens is 4. The summed E-state index contributed by atoms with van der Waals surface area (Å²) in [6.45, 7) is 0. The summed E-state index contributed by atoms with van der Waals surface area (Å²) in [5.74, 6) is -0.273. The monoisotopic (exact) mass is 416 g/mol. The Hall–Kier alpha value is -3.07. The number of hydrazone groups is 1. The van der Waals surface area contributed by atoms with Gasteiger partial charge in [0.05, 0.1) is 17.4 Å². The molecule has 0 bridgehead atoms. The summed E-state index contributed by atoms with van der Waals surface area (Å²) in [5.41, 5.74) is 2.88. The normalized spacial score (nSPS) is 14.9. The van der Waals surface area contributed by atoms with Crippen molar-refractivity contribution in [3.63, 3.8) is 0 Å². The molecule has 10 heteroatoms. The smallest absolute Gasteiger partial charge is 0.303 e. The predicted octanol–water partition coefficient (Wildman–Crippen LogP) is 2.84. The van der Waals surface area contributed by atoms with E-state index in [-0.39, 0.29) is 17.0 Å². The van der Waals surface area contributed by atoms with Crippen LogP contribution >= 0.6 is 11.6 Å². The first kappa shape index (κ1) is 19.3. The Morgan fingerprint density at radius 3 is 2.76 bits per heavy atom. The Balaban J connectivity index is 1.72. The molecule has 1 saturated carbocycles. The molecule has 8 nitrogen and oxygen atoms in total. The number of benzene rings is 1. The van der Waals surface area contributed by atoms with Crippen molar-refractivity contribution in [2.45, 2.75) is 31.7 Å². The highest BCUT2D eigenvalue weighted by Crippen LogP contribution is 2.29. The molecule has 1 fully saturated rings. The Labute approximate surface area is 169 Å². The fourth-order valence-electron chi connectivity index (χ4n) is 3.55. The molecule has 29 heavy (non-hydrogen) atoms. The molecule has 1 aliphatic carbocycles. The third kappa shape index (κ3) is 3.65. The highest BCUT2D eigenvalue weighted by atomic mass is 35.5. The first-order valence-electron chi connectivity index (χ1n) is 9.18. The number of nitrogens with one attached hydrogen (secondary N) is 1. The number of halogens is 2. The van der Waals surface area contributed by atoms with Crippen LogP contribution in [0.25, 0.3) is 11.2 Å². The fourth-order valence-corrected chi connectivity index (χ4v) is 3.77. The molecule has 2 heterocycles. The number of anilines is 1. The van der Waals surface area contributed by atoms with Gasteiger partial charge in [-0.15, -0.1) is 0 Å². The van der Waals surface area contributed by atoms with Gasteiger partial charge in [-0.1, -0.05) is 24.4 Å². The molecule has 2 aromatic heterocycles. The molecular formula is C19H18ClFN6O2. The minimum absolute atomic E-state index is 0.0526. The molecule has 0 atom stereocenters. The maximum absolute atomic E-state index is 13.1. The van der Waals surface area contributed by atoms with Crippen LogP contribution in [0.3, 0.4) is 0 Å². The van der Waals surface area contributed by atoms with Crippen molar-refractivity contribution in [1.82, 2.24) is 19.1 Å². The van der Waals surface area contributed by atoms with Crippen LogP contribution in [0.1, 0.15) is 37.3 Å². The zero-order valence-corrected chi connectivity index (χ0v) is 16.4. The van der Waals surface area contributed by atoms with Gasteiger partial charge in [-0.3, -0.25) is 14.2 Å². The lowest BCUT2D eigenvalue weighted by Gasteiger charge is -2.17. The van der Waals surface area contributed by atoms with Crippen LogP contribution < -0.4 is 16.5 Å². The highest BCUT2D eigenvalue weighted by molar-refractivity contribution is 6.33. The van der Waals surface area contributed by atoms with Crippen molar-refractivity contribution in [1.29, 1.82) is 0 Å². The van der Waals surface area contributed by atoms with Crippen LogP contribution in [0.5, 0.6) is 0 Å². The quantitative estimate of drug-likeness (QED) is 0.401. The number of hydrogen-bond acceptors (Lipinski definition) is 6. The second-order valence-electron chi connectivity index (χ2n) is 6.92. The Morgan fingerprint density at radius 1 is 1.28 bits per heavy atom.